The van der Waals surface area contributed by atoms with E-state index in [4.69, 9.17) is 10.0 Å². The Balaban J connectivity index is -0.0000000250. The summed E-state index contributed by atoms with van der Waals surface area (Å²) in [6, 6.07) is 0.615. The Kier molecular flexibility index (Phi) is 31.1. The molecule has 0 aliphatic carbocycles. The van der Waals surface area contributed by atoms with Gasteiger partial charge < -0.3 is 19.3 Å². The van der Waals surface area contributed by atoms with Crippen molar-refractivity contribution in [2.75, 3.05) is 7.11 Å². The Morgan fingerprint density at radius 3 is 2.30 bits per heavy atom. The average molecular weight is 249 g/mol. The van der Waals surface area contributed by atoms with Crippen molar-refractivity contribution in [2.45, 2.75) is 26.9 Å². The van der Waals surface area contributed by atoms with Gasteiger partial charge in [0.2, 0.25) is 0 Å². The number of rotatable bonds is 2. The van der Waals surface area contributed by atoms with E-state index >= 15 is 0 Å². The summed E-state index contributed by atoms with van der Waals surface area (Å²) >= 11 is 0. The summed E-state index contributed by atoms with van der Waals surface area (Å²) in [4.78, 5) is 0. The zero-order valence-electron chi connectivity index (χ0n) is 10.9. The first kappa shape index (κ1) is 13.8. The first-order chi connectivity index (χ1) is 4.62. The van der Waals surface area contributed by atoms with Gasteiger partial charge in [0.25, 0.3) is 0 Å². The van der Waals surface area contributed by atoms with Crippen molar-refractivity contribution in [3.05, 3.63) is 14.9 Å². The first-order valence-electron chi connectivity index (χ1n) is 4.17. The fraction of sp³-hybridized carbons (Fsp3) is 0.714. The molecule has 1 atom stereocenters. The van der Waals surface area contributed by atoms with Gasteiger partial charge in [0.15, 0.2) is 8.97 Å². The molecule has 0 bridgehead atoms. The standard InChI is InChI=1S/C4H12OSi.CH4.2CH3.Y.H2/c1-4-6(3)5-2;;;;;/h6H,4H2,1-3H3;1H4;2*1H3;;1H/q;;2*-1;;/i1T,6T;;;;;1+2T. The van der Waals surface area contributed by atoms with Crippen molar-refractivity contribution < 1.29 is 41.5 Å². The van der Waals surface area contributed by atoms with Crippen LogP contribution in [0.25, 0.3) is 0 Å². The van der Waals surface area contributed by atoms with Crippen molar-refractivity contribution in [2.24, 2.45) is 0 Å². The second-order valence-electron chi connectivity index (χ2n) is 1.16. The van der Waals surface area contributed by atoms with Crippen LogP contribution in [0.5, 0.6) is 0 Å². The molecular formula is C7H24OSiY-2. The third-order valence-electron chi connectivity index (χ3n) is 0.701. The van der Waals surface area contributed by atoms with E-state index in [-0.39, 0.29) is 55.0 Å². The summed E-state index contributed by atoms with van der Waals surface area (Å²) < 4.78 is 29.0. The van der Waals surface area contributed by atoms with Crippen LogP contribution in [0.15, 0.2) is 0 Å². The van der Waals surface area contributed by atoms with Gasteiger partial charge in [-0.25, -0.2) is 0 Å². The maximum atomic E-state index is 7.37. The Bertz CT molecular complexity index is 78.7. The van der Waals surface area contributed by atoms with E-state index in [0.29, 0.717) is 12.9 Å². The van der Waals surface area contributed by atoms with Crippen LogP contribution in [0.3, 0.4) is 0 Å². The molecule has 0 heterocycles. The molecule has 0 fully saturated rings. The summed E-state index contributed by atoms with van der Waals surface area (Å²) in [7, 11) is -0.564. The molecule has 0 saturated heterocycles. The minimum Gasteiger partial charge on any atom is -0.423 e. The normalized spacial score (nSPS) is 15.4. The largest absolute Gasteiger partial charge is 0.423 e. The van der Waals surface area contributed by atoms with E-state index in [0.717, 1.165) is 0 Å². The van der Waals surface area contributed by atoms with Crippen molar-refractivity contribution in [1.82, 2.24) is 0 Å². The molecule has 0 saturated carbocycles. The molecule has 0 rings (SSSR count). The van der Waals surface area contributed by atoms with E-state index in [1.807, 2.05) is 0 Å². The Morgan fingerprint density at radius 2 is 2.20 bits per heavy atom. The molecule has 0 spiro atoms. The van der Waals surface area contributed by atoms with Gasteiger partial charge in [-0.3, -0.25) is 0 Å². The molecule has 1 nitrogen and oxygen atoms in total. The van der Waals surface area contributed by atoms with E-state index in [1.54, 1.807) is 13.7 Å². The van der Waals surface area contributed by atoms with Crippen molar-refractivity contribution in [1.29, 1.82) is 1.23 Å². The van der Waals surface area contributed by atoms with Crippen LogP contribution in [0.1, 0.15) is 18.7 Å². The van der Waals surface area contributed by atoms with Crippen molar-refractivity contribution in [3.63, 3.8) is 0 Å². The zero-order valence-corrected chi connectivity index (χ0v) is 10.7. The third-order valence-corrected chi connectivity index (χ3v) is 2.10. The molecule has 0 aliphatic rings. The minimum absolute atomic E-state index is 0. The topological polar surface area (TPSA) is 9.23 Å². The van der Waals surface area contributed by atoms with Crippen molar-refractivity contribution in [3.8, 4) is 0 Å². The summed E-state index contributed by atoms with van der Waals surface area (Å²) in [5.41, 5.74) is 0. The summed E-state index contributed by atoms with van der Waals surface area (Å²) in [5, 5.41) is 0. The molecular weight excluding hydrogens is 217 g/mol. The predicted octanol–water partition coefficient (Wildman–Crippen LogP) is 2.79. The third kappa shape index (κ3) is 22.8. The van der Waals surface area contributed by atoms with Gasteiger partial charge in [-0.15, -0.1) is 0 Å². The van der Waals surface area contributed by atoms with Crippen LogP contribution < -0.4 is 0 Å². The Labute approximate surface area is 100 Å². The summed E-state index contributed by atoms with van der Waals surface area (Å²) in [6.45, 7) is 2.11. The van der Waals surface area contributed by atoms with E-state index in [9.17, 15) is 0 Å². The van der Waals surface area contributed by atoms with E-state index in [1.165, 1.54) is 0 Å². The van der Waals surface area contributed by atoms with Gasteiger partial charge in [-0.05, 0) is 12.6 Å². The second kappa shape index (κ2) is 22.4. The second-order valence-corrected chi connectivity index (χ2v) is 3.47. The molecule has 0 aromatic rings. The Morgan fingerprint density at radius 1 is 1.80 bits per heavy atom. The van der Waals surface area contributed by atoms with Crippen LogP contribution in [0.2, 0.25) is 12.6 Å². The molecule has 67 valence electrons. The van der Waals surface area contributed by atoms with Crippen LogP contribution in [-0.4, -0.2) is 17.3 Å². The van der Waals surface area contributed by atoms with Crippen LogP contribution in [0.4, 0.5) is 0 Å². The van der Waals surface area contributed by atoms with Gasteiger partial charge in [0.1, 0.15) is 0 Å². The SMILES string of the molecule is C.[3H]CC[Si]([3H])(C)OC.[3H][3H].[CH3-].[CH3-].[Y]. The van der Waals surface area contributed by atoms with Gasteiger partial charge in [0, 0.05) is 45.4 Å². The van der Waals surface area contributed by atoms with Crippen LogP contribution >= 0.6 is 0 Å². The van der Waals surface area contributed by atoms with E-state index in [2.05, 4.69) is 0 Å². The quantitative estimate of drug-likeness (QED) is 0.540. The number of hydrogen-bond donors (Lipinski definition) is 0. The maximum absolute atomic E-state index is 7.37. The van der Waals surface area contributed by atoms with Crippen LogP contribution in [0, 0.1) is 14.9 Å². The molecule has 3 heteroatoms. The summed E-state index contributed by atoms with van der Waals surface area (Å²) in [5.74, 6) is 0. The predicted molar refractivity (Wildman–Crippen MR) is 52.2 cm³/mol. The van der Waals surface area contributed by atoms with Gasteiger partial charge in [0.05, 0.1) is 0 Å². The molecule has 1 radical (unpaired) electrons. The molecule has 0 amide bonds. The maximum Gasteiger partial charge on any atom is 0.173 e. The first-order valence-corrected chi connectivity index (χ1v) is 4.08. The molecule has 0 aromatic carbocycles. The molecule has 1 unspecified atom stereocenters. The number of hydrogen-bond acceptors (Lipinski definition) is 1. The monoisotopic (exact) mass is 249 g/mol. The van der Waals surface area contributed by atoms with E-state index < -0.39 is 8.97 Å². The average Bonchev–Trinajstić information content (AvgIpc) is 1.93. The molecule has 0 aromatic heterocycles. The molecule has 0 aliphatic heterocycles. The van der Waals surface area contributed by atoms with Crippen LogP contribution in [-0.2, 0) is 37.1 Å². The molecule has 10 heavy (non-hydrogen) atoms. The minimum atomic E-state index is -2.11. The smallest absolute Gasteiger partial charge is 0.173 e. The van der Waals surface area contributed by atoms with Gasteiger partial charge in [-0.1, -0.05) is 14.3 Å². The van der Waals surface area contributed by atoms with Gasteiger partial charge >= 0.3 is 0 Å². The van der Waals surface area contributed by atoms with Gasteiger partial charge in [-0.2, -0.15) is 0 Å². The zero-order chi connectivity index (χ0) is 8.62. The Hall–Kier alpha value is 1.28. The van der Waals surface area contributed by atoms with Crippen molar-refractivity contribution >= 4 is 8.97 Å². The molecule has 0 N–H and O–H groups in total. The fourth-order valence-corrected chi connectivity index (χ4v) is 0.306. The summed E-state index contributed by atoms with van der Waals surface area (Å²) in [6.07, 6.45) is 0. The fourth-order valence-electron chi connectivity index (χ4n) is 0.102.